The van der Waals surface area contributed by atoms with Gasteiger partial charge in [0.15, 0.2) is 0 Å². The van der Waals surface area contributed by atoms with Crippen LogP contribution in [0.3, 0.4) is 0 Å². The molecule has 21 heavy (non-hydrogen) atoms. The molecule has 1 aliphatic heterocycles. The predicted molar refractivity (Wildman–Crippen MR) is 84.1 cm³/mol. The van der Waals surface area contributed by atoms with Crippen molar-refractivity contribution in [3.63, 3.8) is 0 Å². The SMILES string of the molecule is O=S(=O)(C=Cc1ccccc1)N1CCCN(CCO)CC1. The van der Waals surface area contributed by atoms with Gasteiger partial charge in [0.1, 0.15) is 0 Å². The average Bonchev–Trinajstić information content (AvgIpc) is 2.73. The van der Waals surface area contributed by atoms with Gasteiger partial charge in [0.2, 0.25) is 10.0 Å². The maximum atomic E-state index is 12.3. The number of rotatable bonds is 5. The molecular weight excluding hydrogens is 288 g/mol. The molecule has 1 heterocycles. The van der Waals surface area contributed by atoms with Gasteiger partial charge < -0.3 is 5.11 Å². The van der Waals surface area contributed by atoms with Crippen LogP contribution in [0, 0.1) is 0 Å². The van der Waals surface area contributed by atoms with E-state index in [9.17, 15) is 8.42 Å². The molecule has 6 heteroatoms. The fourth-order valence-electron chi connectivity index (χ4n) is 2.38. The van der Waals surface area contributed by atoms with E-state index in [4.69, 9.17) is 5.11 Å². The number of hydrogen-bond acceptors (Lipinski definition) is 4. The summed E-state index contributed by atoms with van der Waals surface area (Å²) in [5.41, 5.74) is 0.873. The van der Waals surface area contributed by atoms with E-state index in [0.717, 1.165) is 18.5 Å². The smallest absolute Gasteiger partial charge is 0.236 e. The summed E-state index contributed by atoms with van der Waals surface area (Å²) in [6.45, 7) is 3.22. The van der Waals surface area contributed by atoms with E-state index >= 15 is 0 Å². The lowest BCUT2D eigenvalue weighted by Gasteiger charge is -2.19. The highest BCUT2D eigenvalue weighted by Gasteiger charge is 2.22. The van der Waals surface area contributed by atoms with E-state index in [-0.39, 0.29) is 6.61 Å². The molecule has 116 valence electrons. The van der Waals surface area contributed by atoms with Crippen LogP contribution >= 0.6 is 0 Å². The molecule has 0 aromatic heterocycles. The monoisotopic (exact) mass is 310 g/mol. The summed E-state index contributed by atoms with van der Waals surface area (Å²) in [6.07, 6.45) is 2.42. The van der Waals surface area contributed by atoms with E-state index < -0.39 is 10.0 Å². The molecule has 1 saturated heterocycles. The third kappa shape index (κ3) is 4.93. The van der Waals surface area contributed by atoms with Crippen LogP contribution in [0.1, 0.15) is 12.0 Å². The molecule has 0 spiro atoms. The zero-order valence-electron chi connectivity index (χ0n) is 12.1. The van der Waals surface area contributed by atoms with Gasteiger partial charge in [-0.2, -0.15) is 4.31 Å². The second-order valence-corrected chi connectivity index (χ2v) is 6.89. The van der Waals surface area contributed by atoms with Gasteiger partial charge in [-0.1, -0.05) is 30.3 Å². The first kappa shape index (κ1) is 16.2. The van der Waals surface area contributed by atoms with E-state index in [1.54, 1.807) is 6.08 Å². The summed E-state index contributed by atoms with van der Waals surface area (Å²) in [5, 5.41) is 10.2. The Labute approximate surface area is 126 Å². The highest BCUT2D eigenvalue weighted by Crippen LogP contribution is 2.11. The minimum absolute atomic E-state index is 0.112. The summed E-state index contributed by atoms with van der Waals surface area (Å²) >= 11 is 0. The largest absolute Gasteiger partial charge is 0.395 e. The Morgan fingerprint density at radius 2 is 1.86 bits per heavy atom. The van der Waals surface area contributed by atoms with Gasteiger partial charge in [0, 0.05) is 31.6 Å². The quantitative estimate of drug-likeness (QED) is 0.881. The topological polar surface area (TPSA) is 60.9 Å². The van der Waals surface area contributed by atoms with Crippen LogP contribution in [0.2, 0.25) is 0 Å². The van der Waals surface area contributed by atoms with Gasteiger partial charge in [-0.25, -0.2) is 8.42 Å². The third-order valence-electron chi connectivity index (χ3n) is 3.56. The predicted octanol–water partition coefficient (Wildman–Crippen LogP) is 0.987. The second kappa shape index (κ2) is 7.70. The van der Waals surface area contributed by atoms with Crippen LogP contribution in [-0.4, -0.2) is 62.1 Å². The summed E-state index contributed by atoms with van der Waals surface area (Å²) in [4.78, 5) is 2.09. The van der Waals surface area contributed by atoms with Crippen molar-refractivity contribution in [3.05, 3.63) is 41.3 Å². The molecule has 1 aromatic rings. The lowest BCUT2D eigenvalue weighted by Crippen LogP contribution is -2.34. The molecule has 0 radical (unpaired) electrons. The Morgan fingerprint density at radius 3 is 2.57 bits per heavy atom. The van der Waals surface area contributed by atoms with Gasteiger partial charge in [-0.15, -0.1) is 0 Å². The van der Waals surface area contributed by atoms with E-state index in [1.165, 1.54) is 9.71 Å². The van der Waals surface area contributed by atoms with Crippen LogP contribution in [-0.2, 0) is 10.0 Å². The van der Waals surface area contributed by atoms with Crippen molar-refractivity contribution in [1.29, 1.82) is 0 Å². The molecule has 1 N–H and O–H groups in total. The van der Waals surface area contributed by atoms with Crippen molar-refractivity contribution < 1.29 is 13.5 Å². The molecule has 0 atom stereocenters. The van der Waals surface area contributed by atoms with Crippen molar-refractivity contribution in [3.8, 4) is 0 Å². The van der Waals surface area contributed by atoms with Crippen molar-refractivity contribution in [1.82, 2.24) is 9.21 Å². The molecule has 0 unspecified atom stereocenters. The first-order valence-corrected chi connectivity index (χ1v) is 8.68. The first-order valence-electron chi connectivity index (χ1n) is 7.18. The van der Waals surface area contributed by atoms with Gasteiger partial charge in [-0.05, 0) is 24.6 Å². The number of benzene rings is 1. The molecule has 1 aliphatic rings. The molecular formula is C15H22N2O3S. The number of nitrogens with zero attached hydrogens (tertiary/aromatic N) is 2. The number of hydrogen-bond donors (Lipinski definition) is 1. The fourth-order valence-corrected chi connectivity index (χ4v) is 3.60. The maximum Gasteiger partial charge on any atom is 0.236 e. The third-order valence-corrected chi connectivity index (χ3v) is 5.12. The molecule has 1 fully saturated rings. The van der Waals surface area contributed by atoms with Crippen molar-refractivity contribution >= 4 is 16.1 Å². The normalized spacial score (nSPS) is 18.9. The van der Waals surface area contributed by atoms with E-state index in [0.29, 0.717) is 26.2 Å². The number of aliphatic hydroxyl groups is 1. The molecule has 0 bridgehead atoms. The highest BCUT2D eigenvalue weighted by atomic mass is 32.2. The zero-order valence-corrected chi connectivity index (χ0v) is 12.9. The maximum absolute atomic E-state index is 12.3. The van der Waals surface area contributed by atoms with Crippen molar-refractivity contribution in [2.24, 2.45) is 0 Å². The Morgan fingerprint density at radius 1 is 1.10 bits per heavy atom. The lowest BCUT2D eigenvalue weighted by atomic mass is 10.2. The number of β-amino-alcohol motifs (C(OH)–C–C–N with tert-alkyl or cyclic N) is 1. The van der Waals surface area contributed by atoms with Crippen molar-refractivity contribution in [2.45, 2.75) is 6.42 Å². The second-order valence-electron chi connectivity index (χ2n) is 5.08. The Hall–Kier alpha value is -1.21. The number of aliphatic hydroxyl groups excluding tert-OH is 1. The molecule has 0 aliphatic carbocycles. The van der Waals surface area contributed by atoms with Crippen LogP contribution in [0.25, 0.3) is 6.08 Å². The standard InChI is InChI=1S/C15H22N2O3S/c18-13-12-16-8-4-9-17(11-10-16)21(19,20)14-7-15-5-2-1-3-6-15/h1-3,5-7,14,18H,4,8-13H2. The molecule has 5 nitrogen and oxygen atoms in total. The molecule has 0 saturated carbocycles. The highest BCUT2D eigenvalue weighted by molar-refractivity contribution is 7.92. The summed E-state index contributed by atoms with van der Waals surface area (Å²) in [7, 11) is -3.38. The van der Waals surface area contributed by atoms with Gasteiger partial charge in [-0.3, -0.25) is 4.90 Å². The first-order chi connectivity index (χ1) is 10.1. The van der Waals surface area contributed by atoms with Crippen LogP contribution in [0.15, 0.2) is 35.7 Å². The van der Waals surface area contributed by atoms with Gasteiger partial charge >= 0.3 is 0 Å². The summed E-state index contributed by atoms with van der Waals surface area (Å²) in [6, 6.07) is 9.40. The molecule has 1 aromatic carbocycles. The summed E-state index contributed by atoms with van der Waals surface area (Å²) < 4.78 is 26.2. The Kier molecular flexibility index (Phi) is 5.93. The minimum atomic E-state index is -3.38. The molecule has 2 rings (SSSR count). The Bertz CT molecular complexity index is 558. The number of sulfonamides is 1. The van der Waals surface area contributed by atoms with Gasteiger partial charge in [0.05, 0.1) is 6.61 Å². The minimum Gasteiger partial charge on any atom is -0.395 e. The van der Waals surface area contributed by atoms with Crippen LogP contribution < -0.4 is 0 Å². The summed E-state index contributed by atoms with van der Waals surface area (Å²) in [5.74, 6) is 0. The van der Waals surface area contributed by atoms with Crippen LogP contribution in [0.5, 0.6) is 0 Å². The van der Waals surface area contributed by atoms with Crippen LogP contribution in [0.4, 0.5) is 0 Å². The fraction of sp³-hybridized carbons (Fsp3) is 0.467. The van der Waals surface area contributed by atoms with E-state index in [1.807, 2.05) is 30.3 Å². The van der Waals surface area contributed by atoms with E-state index in [2.05, 4.69) is 4.90 Å². The van der Waals surface area contributed by atoms with Gasteiger partial charge in [0.25, 0.3) is 0 Å². The lowest BCUT2D eigenvalue weighted by molar-refractivity contribution is 0.202. The average molecular weight is 310 g/mol. The zero-order chi connectivity index (χ0) is 15.1. The molecule has 0 amide bonds. The Balaban J connectivity index is 2.01. The van der Waals surface area contributed by atoms with Crippen molar-refractivity contribution in [2.75, 3.05) is 39.3 Å².